The van der Waals surface area contributed by atoms with Gasteiger partial charge in [0.1, 0.15) is 23.1 Å². The summed E-state index contributed by atoms with van der Waals surface area (Å²) in [6.45, 7) is 0.634. The number of ketones is 2. The van der Waals surface area contributed by atoms with E-state index < -0.39 is 77.4 Å². The van der Waals surface area contributed by atoms with Gasteiger partial charge in [0.2, 0.25) is 0 Å². The van der Waals surface area contributed by atoms with Gasteiger partial charge in [-0.15, -0.1) is 0 Å². The van der Waals surface area contributed by atoms with Crippen LogP contribution in [-0.2, 0) is 23.7 Å². The minimum atomic E-state index is -3.50. The Balaban J connectivity index is 1.38. The number of rotatable bonds is 10. The number of halogens is 7. The summed E-state index contributed by atoms with van der Waals surface area (Å²) in [5.74, 6) is -8.62. The van der Waals surface area contributed by atoms with Crippen LogP contribution in [-0.4, -0.2) is 26.3 Å². The normalized spacial score (nSPS) is 18.8. The first kappa shape index (κ1) is 30.7. The van der Waals surface area contributed by atoms with Crippen LogP contribution < -0.4 is 0 Å². The fourth-order valence-electron chi connectivity index (χ4n) is 6.49. The Kier molecular flexibility index (Phi) is 7.86. The largest absolute Gasteiger partial charge is 0.298 e. The van der Waals surface area contributed by atoms with Crippen LogP contribution in [0.15, 0.2) is 54.7 Å². The Hall–Kier alpha value is -4.35. The number of hydrogen-bond donors (Lipinski definition) is 0. The molecule has 0 bridgehead atoms. The van der Waals surface area contributed by atoms with E-state index in [0.29, 0.717) is 29.3 Å². The van der Waals surface area contributed by atoms with Crippen LogP contribution in [0.3, 0.4) is 0 Å². The molecule has 0 aliphatic heterocycles. The lowest BCUT2D eigenvalue weighted by atomic mass is 9.86. The molecule has 2 heterocycles. The summed E-state index contributed by atoms with van der Waals surface area (Å²) < 4.78 is 101. The van der Waals surface area contributed by atoms with E-state index in [9.17, 15) is 40.3 Å². The molecule has 1 fully saturated rings. The first-order valence-corrected chi connectivity index (χ1v) is 14.3. The third-order valence-electron chi connectivity index (χ3n) is 8.47. The van der Waals surface area contributed by atoms with Crippen LogP contribution >= 0.6 is 0 Å². The molecular weight excluding hydrogens is 603 g/mol. The predicted octanol–water partition coefficient (Wildman–Crippen LogP) is 8.09. The second-order valence-corrected chi connectivity index (χ2v) is 11.7. The summed E-state index contributed by atoms with van der Waals surface area (Å²) in [6, 6.07) is 10.0. The Morgan fingerprint density at radius 3 is 2.44 bits per heavy atom. The van der Waals surface area contributed by atoms with Gasteiger partial charge in [0, 0.05) is 42.5 Å². The molecular formula is C33H26F7N3O2. The summed E-state index contributed by atoms with van der Waals surface area (Å²) in [5, 5.41) is 3.77. The second-order valence-electron chi connectivity index (χ2n) is 11.7. The second kappa shape index (κ2) is 11.5. The lowest BCUT2D eigenvalue weighted by Gasteiger charge is -2.23. The number of carbonyl (C=O) groups is 2. The highest BCUT2D eigenvalue weighted by Crippen LogP contribution is 2.62. The van der Waals surface area contributed by atoms with Crippen molar-refractivity contribution in [1.29, 1.82) is 0 Å². The van der Waals surface area contributed by atoms with Crippen LogP contribution in [0, 0.1) is 23.4 Å². The molecule has 2 aliphatic carbocycles. The van der Waals surface area contributed by atoms with Crippen molar-refractivity contribution in [3.8, 4) is 11.1 Å². The summed E-state index contributed by atoms with van der Waals surface area (Å²) >= 11 is 0. The van der Waals surface area contributed by atoms with Crippen molar-refractivity contribution < 1.29 is 40.3 Å². The van der Waals surface area contributed by atoms with Crippen molar-refractivity contribution in [2.45, 2.75) is 63.3 Å². The van der Waals surface area contributed by atoms with E-state index in [1.165, 1.54) is 25.3 Å². The summed E-state index contributed by atoms with van der Waals surface area (Å²) in [4.78, 5) is 30.1. The maximum Gasteiger partial charge on any atom is 0.282 e. The number of fused-ring (bicyclic) bond motifs is 3. The summed E-state index contributed by atoms with van der Waals surface area (Å²) in [7, 11) is 0. The average Bonchev–Trinajstić information content (AvgIpc) is 3.60. The first-order chi connectivity index (χ1) is 21.3. The van der Waals surface area contributed by atoms with Crippen LogP contribution in [0.25, 0.3) is 11.1 Å². The van der Waals surface area contributed by atoms with E-state index >= 15 is 0 Å². The van der Waals surface area contributed by atoms with Crippen LogP contribution in [0.4, 0.5) is 30.7 Å². The Bertz CT molecular complexity index is 1800. The molecule has 1 saturated carbocycles. The molecule has 0 saturated heterocycles. The van der Waals surface area contributed by atoms with Gasteiger partial charge < -0.3 is 0 Å². The van der Waals surface area contributed by atoms with Gasteiger partial charge in [-0.3, -0.25) is 19.3 Å². The van der Waals surface area contributed by atoms with Crippen molar-refractivity contribution in [1.82, 2.24) is 14.8 Å². The highest BCUT2D eigenvalue weighted by atomic mass is 19.3. The lowest BCUT2D eigenvalue weighted by Crippen LogP contribution is -2.24. The Labute approximate surface area is 253 Å². The fourth-order valence-corrected chi connectivity index (χ4v) is 6.49. The number of nitrogens with zero attached hydrogens (tertiary/aromatic N) is 3. The molecule has 234 valence electrons. The smallest absolute Gasteiger partial charge is 0.282 e. The molecule has 4 aromatic rings. The van der Waals surface area contributed by atoms with Gasteiger partial charge in [0.15, 0.2) is 11.6 Å². The maximum absolute atomic E-state index is 14.9. The molecule has 3 atom stereocenters. The molecule has 12 heteroatoms. The molecule has 2 aromatic heterocycles. The van der Waals surface area contributed by atoms with Gasteiger partial charge in [0.25, 0.3) is 12.3 Å². The molecule has 0 spiro atoms. The average molecular weight is 630 g/mol. The Morgan fingerprint density at radius 2 is 1.76 bits per heavy atom. The number of Topliss-reactive ketones (excluding diaryl/α,β-unsaturated/α-hetero) is 2. The van der Waals surface area contributed by atoms with Gasteiger partial charge in [-0.2, -0.15) is 5.10 Å². The number of alkyl halides is 4. The number of carbonyl (C=O) groups excluding carboxylic acids is 2. The van der Waals surface area contributed by atoms with Crippen LogP contribution in [0.2, 0.25) is 0 Å². The predicted molar refractivity (Wildman–Crippen MR) is 149 cm³/mol. The molecule has 2 aromatic carbocycles. The van der Waals surface area contributed by atoms with E-state index in [0.717, 1.165) is 22.9 Å². The number of benzene rings is 2. The lowest BCUT2D eigenvalue weighted by molar-refractivity contribution is -0.120. The zero-order chi connectivity index (χ0) is 32.2. The van der Waals surface area contributed by atoms with Gasteiger partial charge in [-0.1, -0.05) is 12.1 Å². The summed E-state index contributed by atoms with van der Waals surface area (Å²) in [5.41, 5.74) is -0.752. The van der Waals surface area contributed by atoms with E-state index in [1.807, 2.05) is 0 Å². The first-order valence-electron chi connectivity index (χ1n) is 14.3. The molecule has 5 nitrogen and oxygen atoms in total. The quantitative estimate of drug-likeness (QED) is 0.131. The number of pyridine rings is 1. The zero-order valence-electron chi connectivity index (χ0n) is 23.8. The summed E-state index contributed by atoms with van der Waals surface area (Å²) in [6.07, 6.45) is -2.41. The van der Waals surface area contributed by atoms with Crippen molar-refractivity contribution in [3.63, 3.8) is 0 Å². The third-order valence-corrected chi connectivity index (χ3v) is 8.47. The van der Waals surface area contributed by atoms with Crippen LogP contribution in [0.5, 0.6) is 0 Å². The molecule has 45 heavy (non-hydrogen) atoms. The Morgan fingerprint density at radius 1 is 1.02 bits per heavy atom. The van der Waals surface area contributed by atoms with Gasteiger partial charge >= 0.3 is 0 Å². The SMILES string of the molecule is CC(=O)c1cc(-c2cccnc2[C@@H](CC(=O)Cn2nc(C(F)F)c3c2C2CC2CC3(F)F)Cc2cc(F)cc(F)c2)ccc1F. The van der Waals surface area contributed by atoms with Crippen LogP contribution in [0.1, 0.15) is 83.0 Å². The minimum Gasteiger partial charge on any atom is -0.298 e. The minimum absolute atomic E-state index is 0.0507. The highest BCUT2D eigenvalue weighted by molar-refractivity contribution is 5.95. The van der Waals surface area contributed by atoms with E-state index in [-0.39, 0.29) is 35.6 Å². The maximum atomic E-state index is 14.9. The molecule has 6 rings (SSSR count). The standard InChI is InChI=1S/C33H26F7N3O2/c1-16(44)25-11-18(4-5-27(25)36)24-3-2-6-41-29(24)19(7-17-8-21(34)13-22(35)9-17)10-23(45)15-43-31-26-12-20(26)14-33(39,40)28(31)30(42-43)32(37)38/h2-6,8-9,11,13,19-20,26,32H,7,10,12,14-15H2,1H3/t19-,20?,26?/m1/s1. The monoisotopic (exact) mass is 629 g/mol. The van der Waals surface area contributed by atoms with Crippen molar-refractivity contribution >= 4 is 11.6 Å². The molecule has 0 N–H and O–H groups in total. The molecule has 0 amide bonds. The van der Waals surface area contributed by atoms with Crippen molar-refractivity contribution in [3.05, 3.63) is 106 Å². The van der Waals surface area contributed by atoms with E-state index in [1.54, 1.807) is 12.1 Å². The molecule has 2 unspecified atom stereocenters. The van der Waals surface area contributed by atoms with E-state index in [4.69, 9.17) is 0 Å². The third kappa shape index (κ3) is 6.02. The van der Waals surface area contributed by atoms with Gasteiger partial charge in [-0.05, 0) is 67.1 Å². The van der Waals surface area contributed by atoms with Gasteiger partial charge in [-0.25, -0.2) is 30.7 Å². The number of aromatic nitrogens is 3. The topological polar surface area (TPSA) is 64.8 Å². The zero-order valence-corrected chi connectivity index (χ0v) is 23.8. The van der Waals surface area contributed by atoms with Gasteiger partial charge in [0.05, 0.1) is 29.1 Å². The van der Waals surface area contributed by atoms with Crippen molar-refractivity contribution in [2.24, 2.45) is 5.92 Å². The molecule has 0 radical (unpaired) electrons. The molecule has 2 aliphatic rings. The number of hydrogen-bond acceptors (Lipinski definition) is 4. The van der Waals surface area contributed by atoms with Crippen molar-refractivity contribution in [2.75, 3.05) is 0 Å². The fraction of sp³-hybridized carbons (Fsp3) is 0.333. The highest BCUT2D eigenvalue weighted by Gasteiger charge is 2.57. The van der Waals surface area contributed by atoms with E-state index in [2.05, 4.69) is 10.1 Å².